The summed E-state index contributed by atoms with van der Waals surface area (Å²) in [6, 6.07) is 12.6. The van der Waals surface area contributed by atoms with Gasteiger partial charge in [-0.05, 0) is 48.6 Å². The van der Waals surface area contributed by atoms with Crippen LogP contribution in [-0.4, -0.2) is 34.2 Å². The van der Waals surface area contributed by atoms with Crippen molar-refractivity contribution in [1.29, 1.82) is 5.26 Å². The Morgan fingerprint density at radius 2 is 2.19 bits per heavy atom. The molecule has 136 valence electrons. The first-order chi connectivity index (χ1) is 13.2. The highest BCUT2D eigenvalue weighted by Crippen LogP contribution is 2.29. The molecule has 7 nitrogen and oxygen atoms in total. The minimum atomic E-state index is -0.164. The first kappa shape index (κ1) is 17.2. The quantitative estimate of drug-likeness (QED) is 0.740. The second kappa shape index (κ2) is 7.60. The van der Waals surface area contributed by atoms with Crippen LogP contribution in [0.1, 0.15) is 30.2 Å². The summed E-state index contributed by atoms with van der Waals surface area (Å²) in [6.07, 6.45) is 1.79. The smallest absolute Gasteiger partial charge is 0.321 e. The Hall–Kier alpha value is -3.18. The number of likely N-dealkylation sites (tertiary alicyclic amines) is 1. The van der Waals surface area contributed by atoms with E-state index in [1.165, 1.54) is 0 Å². The van der Waals surface area contributed by atoms with E-state index >= 15 is 0 Å². The lowest BCUT2D eigenvalue weighted by atomic mass is 9.98. The standard InChI is InChI=1S/C19H17N5O2S/c20-11-13-5-7-15(8-6-13)21-19(25)24-9-1-3-14(12-24)18-22-17(23-26-18)16-4-2-10-27-16/h2,4-8,10,14H,1,3,9,12H2,(H,21,25). The zero-order chi connectivity index (χ0) is 18.6. The van der Waals surface area contributed by atoms with Crippen LogP contribution in [0.15, 0.2) is 46.3 Å². The number of anilines is 1. The minimum absolute atomic E-state index is 0.0340. The molecule has 0 aliphatic carbocycles. The molecule has 4 rings (SSSR count). The topological polar surface area (TPSA) is 95.1 Å². The number of carbonyl (C=O) groups excluding carboxylic acids is 1. The van der Waals surface area contributed by atoms with Gasteiger partial charge in [-0.1, -0.05) is 11.2 Å². The van der Waals surface area contributed by atoms with Gasteiger partial charge in [0.2, 0.25) is 11.7 Å². The van der Waals surface area contributed by atoms with Gasteiger partial charge in [0.1, 0.15) is 0 Å². The van der Waals surface area contributed by atoms with Gasteiger partial charge in [-0.3, -0.25) is 0 Å². The molecule has 3 heterocycles. The lowest BCUT2D eigenvalue weighted by molar-refractivity contribution is 0.184. The largest absolute Gasteiger partial charge is 0.339 e. The molecule has 1 N–H and O–H groups in total. The fourth-order valence-electron chi connectivity index (χ4n) is 3.10. The summed E-state index contributed by atoms with van der Waals surface area (Å²) in [5.74, 6) is 1.21. The molecule has 1 aliphatic heterocycles. The average Bonchev–Trinajstić information content (AvgIpc) is 3.40. The fourth-order valence-corrected chi connectivity index (χ4v) is 3.75. The first-order valence-corrected chi connectivity index (χ1v) is 9.54. The predicted molar refractivity (Wildman–Crippen MR) is 101 cm³/mol. The van der Waals surface area contributed by atoms with Gasteiger partial charge in [0.05, 0.1) is 22.4 Å². The molecule has 2 aromatic heterocycles. The maximum absolute atomic E-state index is 12.6. The second-order valence-corrected chi connectivity index (χ2v) is 7.29. The van der Waals surface area contributed by atoms with E-state index in [9.17, 15) is 4.79 Å². The number of hydrogen-bond donors (Lipinski definition) is 1. The van der Waals surface area contributed by atoms with Crippen LogP contribution < -0.4 is 5.32 Å². The van der Waals surface area contributed by atoms with Crippen molar-refractivity contribution in [1.82, 2.24) is 15.0 Å². The van der Waals surface area contributed by atoms with Crippen molar-refractivity contribution < 1.29 is 9.32 Å². The van der Waals surface area contributed by atoms with Crippen molar-refractivity contribution in [2.75, 3.05) is 18.4 Å². The Balaban J connectivity index is 1.41. The number of hydrogen-bond acceptors (Lipinski definition) is 6. The van der Waals surface area contributed by atoms with Crippen LogP contribution in [0.3, 0.4) is 0 Å². The number of piperidine rings is 1. The van der Waals surface area contributed by atoms with Crippen molar-refractivity contribution in [3.8, 4) is 16.8 Å². The fraction of sp³-hybridized carbons (Fsp3) is 0.263. The summed E-state index contributed by atoms with van der Waals surface area (Å²) in [7, 11) is 0. The van der Waals surface area contributed by atoms with E-state index in [0.717, 1.165) is 17.7 Å². The lowest BCUT2D eigenvalue weighted by Gasteiger charge is -2.31. The third-order valence-corrected chi connectivity index (χ3v) is 5.37. The molecule has 1 aliphatic rings. The molecule has 0 spiro atoms. The van der Waals surface area contributed by atoms with E-state index in [1.807, 2.05) is 17.5 Å². The molecule has 1 fully saturated rings. The molecular formula is C19H17N5O2S. The Morgan fingerprint density at radius 3 is 2.93 bits per heavy atom. The second-order valence-electron chi connectivity index (χ2n) is 6.34. The van der Waals surface area contributed by atoms with E-state index < -0.39 is 0 Å². The highest BCUT2D eigenvalue weighted by Gasteiger charge is 2.29. The highest BCUT2D eigenvalue weighted by molar-refractivity contribution is 7.13. The van der Waals surface area contributed by atoms with Gasteiger partial charge in [-0.15, -0.1) is 11.3 Å². The van der Waals surface area contributed by atoms with Crippen molar-refractivity contribution >= 4 is 23.1 Å². The van der Waals surface area contributed by atoms with Gasteiger partial charge < -0.3 is 14.7 Å². The molecule has 1 saturated heterocycles. The van der Waals surface area contributed by atoms with E-state index in [-0.39, 0.29) is 11.9 Å². The summed E-state index contributed by atoms with van der Waals surface area (Å²) in [5.41, 5.74) is 1.22. The highest BCUT2D eigenvalue weighted by atomic mass is 32.1. The Labute approximate surface area is 160 Å². The monoisotopic (exact) mass is 379 g/mol. The zero-order valence-corrected chi connectivity index (χ0v) is 15.3. The number of nitrogens with one attached hydrogen (secondary N) is 1. The van der Waals surface area contributed by atoms with Crippen molar-refractivity contribution in [3.63, 3.8) is 0 Å². The van der Waals surface area contributed by atoms with Gasteiger partial charge in [0, 0.05) is 18.8 Å². The SMILES string of the molecule is N#Cc1ccc(NC(=O)N2CCCC(c3nc(-c4cccs4)no3)C2)cc1. The molecule has 8 heteroatoms. The number of urea groups is 1. The summed E-state index contributed by atoms with van der Waals surface area (Å²) in [4.78, 5) is 19.8. The molecule has 1 atom stereocenters. The normalized spacial score (nSPS) is 16.7. The number of aromatic nitrogens is 2. The molecule has 0 saturated carbocycles. The Kier molecular flexibility index (Phi) is 4.85. The van der Waals surface area contributed by atoms with Crippen molar-refractivity contribution in [2.45, 2.75) is 18.8 Å². The van der Waals surface area contributed by atoms with Crippen molar-refractivity contribution in [2.24, 2.45) is 0 Å². The van der Waals surface area contributed by atoms with E-state index in [2.05, 4.69) is 21.5 Å². The number of rotatable bonds is 3. The molecule has 1 unspecified atom stereocenters. The third kappa shape index (κ3) is 3.83. The van der Waals surface area contributed by atoms with Crippen LogP contribution in [0.2, 0.25) is 0 Å². The zero-order valence-electron chi connectivity index (χ0n) is 14.5. The van der Waals surface area contributed by atoms with Crippen LogP contribution >= 0.6 is 11.3 Å². The third-order valence-electron chi connectivity index (χ3n) is 4.51. The molecular weight excluding hydrogens is 362 g/mol. The maximum atomic E-state index is 12.6. The van der Waals surface area contributed by atoms with Gasteiger partial charge in [-0.25, -0.2) is 4.79 Å². The van der Waals surface area contributed by atoms with E-state index in [4.69, 9.17) is 9.78 Å². The number of benzene rings is 1. The number of thiophene rings is 1. The predicted octanol–water partition coefficient (Wildman–Crippen LogP) is 4.08. The van der Waals surface area contributed by atoms with Crippen LogP contribution in [0.25, 0.3) is 10.7 Å². The molecule has 3 aromatic rings. The summed E-state index contributed by atoms with van der Waals surface area (Å²) >= 11 is 1.57. The van der Waals surface area contributed by atoms with Crippen LogP contribution in [-0.2, 0) is 0 Å². The number of carbonyl (C=O) groups is 1. The summed E-state index contributed by atoms with van der Waals surface area (Å²) < 4.78 is 5.46. The molecule has 0 bridgehead atoms. The van der Waals surface area contributed by atoms with E-state index in [1.54, 1.807) is 40.5 Å². The Bertz CT molecular complexity index is 959. The van der Waals surface area contributed by atoms with Gasteiger partial charge in [-0.2, -0.15) is 10.2 Å². The number of nitriles is 1. The number of nitrogens with zero attached hydrogens (tertiary/aromatic N) is 4. The van der Waals surface area contributed by atoms with E-state index in [0.29, 0.717) is 36.1 Å². The summed E-state index contributed by atoms with van der Waals surface area (Å²) in [5, 5.41) is 17.8. The first-order valence-electron chi connectivity index (χ1n) is 8.66. The molecule has 2 amide bonds. The summed E-state index contributed by atoms with van der Waals surface area (Å²) in [6.45, 7) is 1.22. The van der Waals surface area contributed by atoms with Gasteiger partial charge in [0.25, 0.3) is 0 Å². The molecule has 0 radical (unpaired) electrons. The average molecular weight is 379 g/mol. The number of amides is 2. The minimum Gasteiger partial charge on any atom is -0.339 e. The van der Waals surface area contributed by atoms with Gasteiger partial charge >= 0.3 is 6.03 Å². The maximum Gasteiger partial charge on any atom is 0.321 e. The molecule has 1 aromatic carbocycles. The Morgan fingerprint density at radius 1 is 1.33 bits per heavy atom. The van der Waals surface area contributed by atoms with Gasteiger partial charge in [0.15, 0.2) is 0 Å². The van der Waals surface area contributed by atoms with Crippen LogP contribution in [0.5, 0.6) is 0 Å². The van der Waals surface area contributed by atoms with Crippen LogP contribution in [0, 0.1) is 11.3 Å². The molecule has 27 heavy (non-hydrogen) atoms. The lowest BCUT2D eigenvalue weighted by Crippen LogP contribution is -2.41. The van der Waals surface area contributed by atoms with Crippen molar-refractivity contribution in [3.05, 3.63) is 53.2 Å². The van der Waals surface area contributed by atoms with Crippen LogP contribution in [0.4, 0.5) is 10.5 Å².